The van der Waals surface area contributed by atoms with Gasteiger partial charge in [0.15, 0.2) is 0 Å². The minimum Gasteiger partial charge on any atom is -0.494 e. The second kappa shape index (κ2) is 16.2. The van der Waals surface area contributed by atoms with Crippen molar-refractivity contribution < 1.29 is 27.1 Å². The quantitative estimate of drug-likeness (QED) is 0.162. The molecule has 0 aliphatic carbocycles. The summed E-state index contributed by atoms with van der Waals surface area (Å²) >= 11 is 0. The van der Waals surface area contributed by atoms with Crippen molar-refractivity contribution in [1.82, 2.24) is 10.2 Å². The lowest BCUT2D eigenvalue weighted by molar-refractivity contribution is -0.140. The molecule has 0 spiro atoms. The molecule has 8 nitrogen and oxygen atoms in total. The highest BCUT2D eigenvalue weighted by Crippen LogP contribution is 2.27. The predicted molar refractivity (Wildman–Crippen MR) is 182 cm³/mol. The first kappa shape index (κ1) is 35.2. The molecule has 0 radical (unpaired) electrons. The van der Waals surface area contributed by atoms with E-state index >= 15 is 4.39 Å². The van der Waals surface area contributed by atoms with E-state index < -0.39 is 40.2 Å². The molecule has 0 unspecified atom stereocenters. The molecule has 0 fully saturated rings. The molecule has 0 bridgehead atoms. The number of hydrogen-bond acceptors (Lipinski definition) is 5. The molecule has 47 heavy (non-hydrogen) atoms. The maximum absolute atomic E-state index is 15.1. The molecule has 0 saturated heterocycles. The van der Waals surface area contributed by atoms with Crippen LogP contribution in [0, 0.1) is 12.7 Å². The summed E-state index contributed by atoms with van der Waals surface area (Å²) < 4.78 is 50.0. The van der Waals surface area contributed by atoms with Crippen LogP contribution in [-0.2, 0) is 32.6 Å². The van der Waals surface area contributed by atoms with Crippen LogP contribution in [0.1, 0.15) is 43.9 Å². The largest absolute Gasteiger partial charge is 0.494 e. The van der Waals surface area contributed by atoms with Crippen LogP contribution in [0.3, 0.4) is 0 Å². The highest BCUT2D eigenvalue weighted by atomic mass is 32.2. The van der Waals surface area contributed by atoms with Gasteiger partial charge >= 0.3 is 0 Å². The van der Waals surface area contributed by atoms with Gasteiger partial charge in [0.25, 0.3) is 10.0 Å². The molecule has 0 aliphatic rings. The van der Waals surface area contributed by atoms with Crippen molar-refractivity contribution in [1.29, 1.82) is 0 Å². The van der Waals surface area contributed by atoms with E-state index in [0.29, 0.717) is 18.8 Å². The number of amides is 2. The second-order valence-corrected chi connectivity index (χ2v) is 13.3. The first-order chi connectivity index (χ1) is 22.5. The number of halogens is 1. The fraction of sp³-hybridized carbons (Fsp3) is 0.297. The third-order valence-electron chi connectivity index (χ3n) is 7.89. The summed E-state index contributed by atoms with van der Waals surface area (Å²) in [5.74, 6) is -1.08. The average molecular weight is 660 g/mol. The van der Waals surface area contributed by atoms with Gasteiger partial charge in [0, 0.05) is 24.6 Å². The van der Waals surface area contributed by atoms with Crippen LogP contribution < -0.4 is 14.4 Å². The summed E-state index contributed by atoms with van der Waals surface area (Å²) in [6.07, 6.45) is 0.794. The number of anilines is 1. The molecule has 10 heteroatoms. The number of rotatable bonds is 15. The maximum atomic E-state index is 15.1. The number of aryl methyl sites for hydroxylation is 1. The lowest BCUT2D eigenvalue weighted by Gasteiger charge is -2.34. The number of hydrogen-bond donors (Lipinski definition) is 1. The van der Waals surface area contributed by atoms with E-state index in [-0.39, 0.29) is 35.2 Å². The Morgan fingerprint density at radius 2 is 1.51 bits per heavy atom. The molecule has 4 aromatic carbocycles. The van der Waals surface area contributed by atoms with Gasteiger partial charge in [-0.1, -0.05) is 73.2 Å². The Bertz CT molecular complexity index is 1730. The monoisotopic (exact) mass is 659 g/mol. The lowest BCUT2D eigenvalue weighted by Crippen LogP contribution is -2.54. The smallest absolute Gasteiger partial charge is 0.264 e. The Morgan fingerprint density at radius 1 is 0.872 bits per heavy atom. The fourth-order valence-corrected chi connectivity index (χ4v) is 6.46. The van der Waals surface area contributed by atoms with Crippen LogP contribution in [0.4, 0.5) is 10.1 Å². The van der Waals surface area contributed by atoms with E-state index in [4.69, 9.17) is 4.74 Å². The highest BCUT2D eigenvalue weighted by molar-refractivity contribution is 7.92. The number of benzene rings is 4. The summed E-state index contributed by atoms with van der Waals surface area (Å²) in [6.45, 7) is 7.03. The van der Waals surface area contributed by atoms with E-state index in [1.54, 1.807) is 54.6 Å². The maximum Gasteiger partial charge on any atom is 0.264 e. The molecule has 0 aliphatic heterocycles. The van der Waals surface area contributed by atoms with Crippen molar-refractivity contribution in [3.05, 3.63) is 126 Å². The van der Waals surface area contributed by atoms with Gasteiger partial charge in [-0.15, -0.1) is 0 Å². The molecule has 2 atom stereocenters. The third kappa shape index (κ3) is 9.19. The number of nitrogens with one attached hydrogen (secondary N) is 1. The summed E-state index contributed by atoms with van der Waals surface area (Å²) in [7, 11) is -4.26. The van der Waals surface area contributed by atoms with E-state index in [1.807, 2.05) is 58.0 Å². The van der Waals surface area contributed by atoms with Gasteiger partial charge in [-0.3, -0.25) is 13.9 Å². The molecule has 4 rings (SSSR count). The molecule has 248 valence electrons. The van der Waals surface area contributed by atoms with Crippen LogP contribution in [0.15, 0.2) is 108 Å². The van der Waals surface area contributed by atoms with Crippen LogP contribution >= 0.6 is 0 Å². The molecule has 1 N–H and O–H groups in total. The van der Waals surface area contributed by atoms with Crippen molar-refractivity contribution >= 4 is 27.5 Å². The Morgan fingerprint density at radius 3 is 2.13 bits per heavy atom. The molecule has 0 heterocycles. The average Bonchev–Trinajstić information content (AvgIpc) is 3.07. The van der Waals surface area contributed by atoms with E-state index in [1.165, 1.54) is 23.1 Å². The molecule has 0 saturated carbocycles. The van der Waals surface area contributed by atoms with Crippen molar-refractivity contribution in [2.24, 2.45) is 0 Å². The highest BCUT2D eigenvalue weighted by Gasteiger charge is 2.35. The summed E-state index contributed by atoms with van der Waals surface area (Å²) in [6, 6.07) is 26.8. The summed E-state index contributed by atoms with van der Waals surface area (Å²) in [5, 5.41) is 2.98. The van der Waals surface area contributed by atoms with Gasteiger partial charge in [0.2, 0.25) is 11.8 Å². The van der Waals surface area contributed by atoms with Crippen molar-refractivity contribution in [3.8, 4) is 5.75 Å². The Hall–Kier alpha value is -4.70. The minimum absolute atomic E-state index is 0.000729. The molecule has 2 amide bonds. The van der Waals surface area contributed by atoms with Crippen molar-refractivity contribution in [2.45, 2.75) is 64.1 Å². The van der Waals surface area contributed by atoms with Crippen LogP contribution in [0.5, 0.6) is 5.75 Å². The topological polar surface area (TPSA) is 96.0 Å². The number of sulfonamides is 1. The number of nitrogens with zero attached hydrogens (tertiary/aromatic N) is 2. The molecule has 0 aromatic heterocycles. The lowest BCUT2D eigenvalue weighted by atomic mass is 10.0. The SMILES string of the molecule is CCOc1ccc(N(CC(=O)N(Cc2ccccc2F)[C@H](Cc2ccccc2)C(=O)N[C@H](C)CC)S(=O)(=O)c2ccc(C)cc2)cc1. The zero-order valence-electron chi connectivity index (χ0n) is 27.2. The Balaban J connectivity index is 1.81. The van der Waals surface area contributed by atoms with E-state index in [0.717, 1.165) is 15.4 Å². The van der Waals surface area contributed by atoms with E-state index in [9.17, 15) is 18.0 Å². The van der Waals surface area contributed by atoms with Gasteiger partial charge in [0.1, 0.15) is 24.2 Å². The van der Waals surface area contributed by atoms with Gasteiger partial charge in [-0.2, -0.15) is 0 Å². The first-order valence-electron chi connectivity index (χ1n) is 15.7. The summed E-state index contributed by atoms with van der Waals surface area (Å²) in [4.78, 5) is 29.7. The van der Waals surface area contributed by atoms with Gasteiger partial charge < -0.3 is 15.0 Å². The fourth-order valence-electron chi connectivity index (χ4n) is 5.05. The normalized spacial score (nSPS) is 12.5. The Labute approximate surface area is 277 Å². The number of carbonyl (C=O) groups is 2. The summed E-state index contributed by atoms with van der Waals surface area (Å²) in [5.41, 5.74) is 2.10. The molecule has 4 aromatic rings. The van der Waals surface area contributed by atoms with Gasteiger partial charge in [-0.25, -0.2) is 12.8 Å². The van der Waals surface area contributed by atoms with Crippen LogP contribution in [0.2, 0.25) is 0 Å². The second-order valence-electron chi connectivity index (χ2n) is 11.4. The van der Waals surface area contributed by atoms with Gasteiger partial charge in [-0.05, 0) is 75.2 Å². The number of carbonyl (C=O) groups excluding carboxylic acids is 2. The minimum atomic E-state index is -4.26. The van der Waals surface area contributed by atoms with Crippen LogP contribution in [-0.4, -0.2) is 50.4 Å². The zero-order chi connectivity index (χ0) is 34.0. The standard InChI is InChI=1S/C37H42FN3O5S/c1-5-28(4)39-37(43)35(24-29-12-8-7-9-13-29)40(25-30-14-10-11-15-34(30)38)36(42)26-41(31-18-20-32(21-19-31)46-6-2)47(44,45)33-22-16-27(3)17-23-33/h7-23,28,35H,5-6,24-26H2,1-4H3,(H,39,43)/t28-,35-/m1/s1. The predicted octanol–water partition coefficient (Wildman–Crippen LogP) is 6.28. The molecular formula is C37H42FN3O5S. The van der Waals surface area contributed by atoms with Crippen molar-refractivity contribution in [3.63, 3.8) is 0 Å². The van der Waals surface area contributed by atoms with Gasteiger partial charge in [0.05, 0.1) is 17.2 Å². The zero-order valence-corrected chi connectivity index (χ0v) is 28.0. The number of ether oxygens (including phenoxy) is 1. The van der Waals surface area contributed by atoms with E-state index in [2.05, 4.69) is 5.32 Å². The molecular weight excluding hydrogens is 617 g/mol. The Kier molecular flexibility index (Phi) is 12.1. The van der Waals surface area contributed by atoms with Crippen LogP contribution in [0.25, 0.3) is 0 Å². The third-order valence-corrected chi connectivity index (χ3v) is 9.68. The first-order valence-corrected chi connectivity index (χ1v) is 17.2. The van der Waals surface area contributed by atoms with Crippen molar-refractivity contribution in [2.75, 3.05) is 17.5 Å².